The summed E-state index contributed by atoms with van der Waals surface area (Å²) >= 11 is 0. The predicted molar refractivity (Wildman–Crippen MR) is 110 cm³/mol. The van der Waals surface area contributed by atoms with Gasteiger partial charge in [-0.05, 0) is 60.6 Å². The molecule has 4 rings (SSSR count). The molecular weight excluding hydrogens is 391 g/mol. The number of anilines is 1. The molecule has 0 unspecified atom stereocenters. The van der Waals surface area contributed by atoms with E-state index in [1.54, 1.807) is 0 Å². The minimum Gasteiger partial charge on any atom is -0.342 e. The number of halogens is 3. The van der Waals surface area contributed by atoms with Gasteiger partial charge in [-0.2, -0.15) is 13.2 Å². The molecule has 0 radical (unpaired) electrons. The Morgan fingerprint density at radius 2 is 1.90 bits per heavy atom. The van der Waals surface area contributed by atoms with Crippen LogP contribution < -0.4 is 5.32 Å². The molecule has 1 N–H and O–H groups in total. The molecule has 158 valence electrons. The molecule has 1 aliphatic rings. The molecule has 1 aromatic carbocycles. The zero-order valence-electron chi connectivity index (χ0n) is 17.0. The van der Waals surface area contributed by atoms with Crippen molar-refractivity contribution in [3.8, 4) is 0 Å². The summed E-state index contributed by atoms with van der Waals surface area (Å²) in [5.41, 5.74) is 2.67. The largest absolute Gasteiger partial charge is 0.416 e. The second kappa shape index (κ2) is 7.45. The fourth-order valence-corrected chi connectivity index (χ4v) is 3.99. The van der Waals surface area contributed by atoms with Gasteiger partial charge >= 0.3 is 6.18 Å². The number of benzene rings is 1. The lowest BCUT2D eigenvalue weighted by Gasteiger charge is -2.37. The third kappa shape index (κ3) is 4.20. The van der Waals surface area contributed by atoms with Crippen molar-refractivity contribution in [1.29, 1.82) is 0 Å². The third-order valence-corrected chi connectivity index (χ3v) is 5.98. The van der Waals surface area contributed by atoms with E-state index in [1.165, 1.54) is 18.6 Å². The third-order valence-electron chi connectivity index (χ3n) is 5.98. The van der Waals surface area contributed by atoms with Crippen molar-refractivity contribution in [2.45, 2.75) is 52.3 Å². The fourth-order valence-electron chi connectivity index (χ4n) is 3.99. The van der Waals surface area contributed by atoms with Crippen LogP contribution >= 0.6 is 0 Å². The molecule has 1 aliphatic carbocycles. The fraction of sp³-hybridized carbons (Fsp3) is 0.391. The van der Waals surface area contributed by atoms with E-state index in [0.29, 0.717) is 18.8 Å². The van der Waals surface area contributed by atoms with Crippen molar-refractivity contribution in [2.24, 2.45) is 5.41 Å². The molecule has 1 saturated carbocycles. The van der Waals surface area contributed by atoms with Crippen LogP contribution in [0.25, 0.3) is 11.0 Å². The van der Waals surface area contributed by atoms with Crippen molar-refractivity contribution in [2.75, 3.05) is 5.32 Å². The number of alkyl halides is 3. The highest BCUT2D eigenvalue weighted by Crippen LogP contribution is 2.43. The average molecular weight is 415 g/mol. The predicted octanol–water partition coefficient (Wildman–Crippen LogP) is 5.93. The Balaban J connectivity index is 1.51. The number of amides is 1. The van der Waals surface area contributed by atoms with Crippen molar-refractivity contribution in [3.05, 3.63) is 59.3 Å². The Morgan fingerprint density at radius 1 is 1.20 bits per heavy atom. The van der Waals surface area contributed by atoms with Gasteiger partial charge < -0.3 is 9.88 Å². The standard InChI is InChI=1S/C23H24F3N3O/c1-15-12-19-18(27-21(15)28-20(30)13-22(2)9-3-10-22)8-11-29(19)14-16-4-6-17(7-5-16)23(24,25)26/h4-8,11-12H,3,9-10,13-14H2,1-2H3,(H,27,28,30). The Morgan fingerprint density at radius 3 is 2.50 bits per heavy atom. The van der Waals surface area contributed by atoms with Gasteiger partial charge in [-0.15, -0.1) is 0 Å². The average Bonchev–Trinajstić information content (AvgIpc) is 3.02. The minimum absolute atomic E-state index is 0.0173. The number of nitrogens with one attached hydrogen (secondary N) is 1. The lowest BCUT2D eigenvalue weighted by Crippen LogP contribution is -2.31. The lowest BCUT2D eigenvalue weighted by atomic mass is 9.68. The van der Waals surface area contributed by atoms with E-state index < -0.39 is 11.7 Å². The molecule has 30 heavy (non-hydrogen) atoms. The minimum atomic E-state index is -4.34. The number of carbonyl (C=O) groups is 1. The van der Waals surface area contributed by atoms with Crippen LogP contribution in [0.5, 0.6) is 0 Å². The molecular formula is C23H24F3N3O. The number of hydrogen-bond donors (Lipinski definition) is 1. The first-order valence-electron chi connectivity index (χ1n) is 10.1. The van der Waals surface area contributed by atoms with Crippen LogP contribution in [0.1, 0.15) is 49.3 Å². The first kappa shape index (κ1) is 20.4. The zero-order chi connectivity index (χ0) is 21.5. The first-order valence-corrected chi connectivity index (χ1v) is 10.1. The van der Waals surface area contributed by atoms with Crippen LogP contribution in [-0.4, -0.2) is 15.5 Å². The van der Waals surface area contributed by atoms with Gasteiger partial charge in [-0.25, -0.2) is 4.98 Å². The highest BCUT2D eigenvalue weighted by Gasteiger charge is 2.34. The van der Waals surface area contributed by atoms with Crippen LogP contribution in [0, 0.1) is 12.3 Å². The molecule has 0 spiro atoms. The van der Waals surface area contributed by atoms with Gasteiger partial charge in [0.25, 0.3) is 0 Å². The molecule has 0 saturated heterocycles. The second-order valence-corrected chi connectivity index (χ2v) is 8.59. The topological polar surface area (TPSA) is 46.9 Å². The summed E-state index contributed by atoms with van der Waals surface area (Å²) in [4.78, 5) is 17.0. The van der Waals surface area contributed by atoms with E-state index in [9.17, 15) is 18.0 Å². The van der Waals surface area contributed by atoms with Crippen LogP contribution in [0.15, 0.2) is 42.6 Å². The molecule has 4 nitrogen and oxygen atoms in total. The van der Waals surface area contributed by atoms with Crippen LogP contribution in [0.4, 0.5) is 19.0 Å². The van der Waals surface area contributed by atoms with Gasteiger partial charge in [0.15, 0.2) is 0 Å². The molecule has 0 atom stereocenters. The van der Waals surface area contributed by atoms with Crippen molar-refractivity contribution < 1.29 is 18.0 Å². The number of aryl methyl sites for hydroxylation is 1. The van der Waals surface area contributed by atoms with Crippen molar-refractivity contribution in [3.63, 3.8) is 0 Å². The quantitative estimate of drug-likeness (QED) is 0.561. The van der Waals surface area contributed by atoms with E-state index >= 15 is 0 Å². The Bertz CT molecular complexity index is 1080. The maximum atomic E-state index is 12.7. The maximum absolute atomic E-state index is 12.7. The van der Waals surface area contributed by atoms with Crippen molar-refractivity contribution in [1.82, 2.24) is 9.55 Å². The summed E-state index contributed by atoms with van der Waals surface area (Å²) < 4.78 is 40.2. The summed E-state index contributed by atoms with van der Waals surface area (Å²) in [6, 6.07) is 8.98. The number of carbonyl (C=O) groups excluding carboxylic acids is 1. The van der Waals surface area contributed by atoms with E-state index in [4.69, 9.17) is 0 Å². The molecule has 7 heteroatoms. The number of fused-ring (bicyclic) bond motifs is 1. The Labute approximate surface area is 173 Å². The van der Waals surface area contributed by atoms with Crippen LogP contribution in [-0.2, 0) is 17.5 Å². The van der Waals surface area contributed by atoms with Gasteiger partial charge in [0.05, 0.1) is 16.6 Å². The van der Waals surface area contributed by atoms with Gasteiger partial charge in [-0.3, -0.25) is 4.79 Å². The van der Waals surface area contributed by atoms with E-state index in [-0.39, 0.29) is 11.3 Å². The maximum Gasteiger partial charge on any atom is 0.416 e. The number of hydrogen-bond acceptors (Lipinski definition) is 2. The monoisotopic (exact) mass is 415 g/mol. The number of rotatable bonds is 5. The Kier molecular flexibility index (Phi) is 5.08. The second-order valence-electron chi connectivity index (χ2n) is 8.59. The molecule has 3 aromatic rings. The number of nitrogens with zero attached hydrogens (tertiary/aromatic N) is 2. The van der Waals surface area contributed by atoms with E-state index in [0.717, 1.165) is 47.1 Å². The highest BCUT2D eigenvalue weighted by atomic mass is 19.4. The Hall–Kier alpha value is -2.83. The summed E-state index contributed by atoms with van der Waals surface area (Å²) in [6.45, 7) is 4.47. The smallest absolute Gasteiger partial charge is 0.342 e. The molecule has 1 fully saturated rings. The van der Waals surface area contributed by atoms with Gasteiger partial charge in [0.2, 0.25) is 5.91 Å². The van der Waals surface area contributed by atoms with E-state index in [2.05, 4.69) is 17.2 Å². The van der Waals surface area contributed by atoms with Crippen LogP contribution in [0.2, 0.25) is 0 Å². The zero-order valence-corrected chi connectivity index (χ0v) is 17.0. The molecule has 0 aliphatic heterocycles. The summed E-state index contributed by atoms with van der Waals surface area (Å²) in [7, 11) is 0. The normalized spacial score (nSPS) is 15.8. The summed E-state index contributed by atoms with van der Waals surface area (Å²) in [5.74, 6) is 0.541. The molecule has 0 bridgehead atoms. The van der Waals surface area contributed by atoms with Gasteiger partial charge in [0, 0.05) is 19.2 Å². The van der Waals surface area contributed by atoms with Crippen LogP contribution in [0.3, 0.4) is 0 Å². The molecule has 2 aromatic heterocycles. The molecule has 1 amide bonds. The summed E-state index contributed by atoms with van der Waals surface area (Å²) in [6.07, 6.45) is 1.37. The SMILES string of the molecule is Cc1cc2c(ccn2Cc2ccc(C(F)(F)F)cc2)nc1NC(=O)CC1(C)CCC1. The van der Waals surface area contributed by atoms with Gasteiger partial charge in [-0.1, -0.05) is 25.5 Å². The number of pyridine rings is 1. The molecule has 2 heterocycles. The van der Waals surface area contributed by atoms with E-state index in [1.807, 2.05) is 29.8 Å². The highest BCUT2D eigenvalue weighted by molar-refractivity contribution is 5.92. The summed E-state index contributed by atoms with van der Waals surface area (Å²) in [5, 5.41) is 2.94. The van der Waals surface area contributed by atoms with Crippen molar-refractivity contribution >= 4 is 22.8 Å². The lowest BCUT2D eigenvalue weighted by molar-refractivity contribution is -0.137. The van der Waals surface area contributed by atoms with Gasteiger partial charge in [0.1, 0.15) is 5.82 Å². The number of aromatic nitrogens is 2. The first-order chi connectivity index (χ1) is 14.1.